The quantitative estimate of drug-likeness (QED) is 0.631. The van der Waals surface area contributed by atoms with Gasteiger partial charge < -0.3 is 10.8 Å². The van der Waals surface area contributed by atoms with Crippen molar-refractivity contribution in [2.24, 2.45) is 17.6 Å². The Kier molecular flexibility index (Phi) is 3.34. The first-order valence-corrected chi connectivity index (χ1v) is 4.62. The van der Waals surface area contributed by atoms with E-state index in [1.165, 1.54) is 25.7 Å². The summed E-state index contributed by atoms with van der Waals surface area (Å²) in [4.78, 5) is 0. The highest BCUT2D eigenvalue weighted by Crippen LogP contribution is 2.29. The molecule has 3 N–H and O–H groups in total. The van der Waals surface area contributed by atoms with Gasteiger partial charge in [0.05, 0.1) is 6.10 Å². The van der Waals surface area contributed by atoms with E-state index in [9.17, 15) is 5.11 Å². The summed E-state index contributed by atoms with van der Waals surface area (Å²) in [5, 5.41) is 9.30. The molecular formula is C9H19NO. The third-order valence-electron chi connectivity index (χ3n) is 2.91. The molecule has 0 saturated heterocycles. The zero-order valence-corrected chi connectivity index (χ0v) is 7.29. The molecule has 0 aliphatic heterocycles. The number of hydrogen-bond acceptors (Lipinski definition) is 2. The van der Waals surface area contributed by atoms with Crippen molar-refractivity contribution in [3.8, 4) is 0 Å². The molecule has 0 bridgehead atoms. The van der Waals surface area contributed by atoms with Crippen molar-refractivity contribution in [2.45, 2.75) is 38.7 Å². The second kappa shape index (κ2) is 4.07. The molecule has 0 unspecified atom stereocenters. The van der Waals surface area contributed by atoms with Crippen molar-refractivity contribution < 1.29 is 5.11 Å². The first kappa shape index (κ1) is 9.01. The highest BCUT2D eigenvalue weighted by molar-refractivity contribution is 4.75. The fourth-order valence-electron chi connectivity index (χ4n) is 1.91. The fourth-order valence-corrected chi connectivity index (χ4v) is 1.91. The van der Waals surface area contributed by atoms with Crippen LogP contribution in [0.5, 0.6) is 0 Å². The molecule has 2 heteroatoms. The molecule has 1 fully saturated rings. The average molecular weight is 157 g/mol. The molecule has 11 heavy (non-hydrogen) atoms. The van der Waals surface area contributed by atoms with E-state index in [4.69, 9.17) is 5.73 Å². The van der Waals surface area contributed by atoms with Crippen molar-refractivity contribution in [1.29, 1.82) is 0 Å². The van der Waals surface area contributed by atoms with E-state index >= 15 is 0 Å². The maximum atomic E-state index is 9.30. The topological polar surface area (TPSA) is 46.2 Å². The van der Waals surface area contributed by atoms with Gasteiger partial charge in [0.2, 0.25) is 0 Å². The van der Waals surface area contributed by atoms with Crippen LogP contribution in [0.4, 0.5) is 0 Å². The van der Waals surface area contributed by atoms with Crippen LogP contribution in [0.1, 0.15) is 32.6 Å². The minimum absolute atomic E-state index is 0.117. The molecule has 1 rings (SSSR count). The molecule has 0 aromatic rings. The van der Waals surface area contributed by atoms with Crippen LogP contribution in [-0.2, 0) is 0 Å². The van der Waals surface area contributed by atoms with Gasteiger partial charge in [0.15, 0.2) is 0 Å². The number of nitrogens with two attached hydrogens (primary N) is 1. The van der Waals surface area contributed by atoms with Crippen molar-refractivity contribution in [2.75, 3.05) is 6.54 Å². The van der Waals surface area contributed by atoms with Crippen LogP contribution in [0.15, 0.2) is 0 Å². The van der Waals surface area contributed by atoms with E-state index in [1.807, 2.05) is 6.92 Å². The second-order valence-electron chi connectivity index (χ2n) is 3.76. The average Bonchev–Trinajstić information content (AvgIpc) is 2.05. The SMILES string of the molecule is C[C@@H](O)[C@H]1CC[C@H](CN)CC1. The van der Waals surface area contributed by atoms with Gasteiger partial charge in [-0.05, 0) is 51.0 Å². The highest BCUT2D eigenvalue weighted by atomic mass is 16.3. The standard InChI is InChI=1S/C9H19NO/c1-7(11)9-4-2-8(6-10)3-5-9/h7-9,11H,2-6,10H2,1H3/t7-,8-,9-/m1/s1. The molecular weight excluding hydrogens is 138 g/mol. The van der Waals surface area contributed by atoms with Gasteiger partial charge >= 0.3 is 0 Å². The van der Waals surface area contributed by atoms with Crippen molar-refractivity contribution in [3.63, 3.8) is 0 Å². The van der Waals surface area contributed by atoms with Gasteiger partial charge in [0.1, 0.15) is 0 Å². The van der Waals surface area contributed by atoms with Crippen molar-refractivity contribution >= 4 is 0 Å². The van der Waals surface area contributed by atoms with Gasteiger partial charge in [0.25, 0.3) is 0 Å². The van der Waals surface area contributed by atoms with Gasteiger partial charge in [-0.2, -0.15) is 0 Å². The zero-order valence-electron chi connectivity index (χ0n) is 7.29. The van der Waals surface area contributed by atoms with Crippen LogP contribution >= 0.6 is 0 Å². The highest BCUT2D eigenvalue weighted by Gasteiger charge is 2.22. The summed E-state index contributed by atoms with van der Waals surface area (Å²) >= 11 is 0. The Hall–Kier alpha value is -0.0800. The molecule has 1 aliphatic rings. The summed E-state index contributed by atoms with van der Waals surface area (Å²) in [6.07, 6.45) is 4.64. The fraction of sp³-hybridized carbons (Fsp3) is 1.00. The first-order chi connectivity index (χ1) is 5.24. The van der Waals surface area contributed by atoms with Crippen LogP contribution in [0.2, 0.25) is 0 Å². The third kappa shape index (κ3) is 2.46. The lowest BCUT2D eigenvalue weighted by atomic mass is 9.80. The van der Waals surface area contributed by atoms with Crippen LogP contribution in [0.3, 0.4) is 0 Å². The predicted molar refractivity (Wildman–Crippen MR) is 46.2 cm³/mol. The van der Waals surface area contributed by atoms with Crippen LogP contribution in [0, 0.1) is 11.8 Å². The lowest BCUT2D eigenvalue weighted by molar-refractivity contribution is 0.0896. The normalized spacial score (nSPS) is 35.2. The Morgan fingerprint density at radius 3 is 2.27 bits per heavy atom. The van der Waals surface area contributed by atoms with Crippen LogP contribution < -0.4 is 5.73 Å². The summed E-state index contributed by atoms with van der Waals surface area (Å²) in [7, 11) is 0. The van der Waals surface area contributed by atoms with E-state index in [2.05, 4.69) is 0 Å². The Bertz CT molecular complexity index is 106. The minimum atomic E-state index is -0.117. The van der Waals surface area contributed by atoms with E-state index in [0.717, 1.165) is 12.5 Å². The zero-order chi connectivity index (χ0) is 8.27. The third-order valence-corrected chi connectivity index (χ3v) is 2.91. The molecule has 0 radical (unpaired) electrons. The predicted octanol–water partition coefficient (Wildman–Crippen LogP) is 1.13. The van der Waals surface area contributed by atoms with Gasteiger partial charge in [-0.3, -0.25) is 0 Å². The summed E-state index contributed by atoms with van der Waals surface area (Å²) in [5.41, 5.74) is 5.56. The van der Waals surface area contributed by atoms with Crippen LogP contribution in [0.25, 0.3) is 0 Å². The summed E-state index contributed by atoms with van der Waals surface area (Å²) < 4.78 is 0. The van der Waals surface area contributed by atoms with E-state index < -0.39 is 0 Å². The summed E-state index contributed by atoms with van der Waals surface area (Å²) in [6, 6.07) is 0. The van der Waals surface area contributed by atoms with Crippen LogP contribution in [-0.4, -0.2) is 17.8 Å². The first-order valence-electron chi connectivity index (χ1n) is 4.62. The second-order valence-corrected chi connectivity index (χ2v) is 3.76. The maximum absolute atomic E-state index is 9.30. The smallest absolute Gasteiger partial charge is 0.0540 e. The largest absolute Gasteiger partial charge is 0.393 e. The monoisotopic (exact) mass is 157 g/mol. The molecule has 0 amide bonds. The van der Waals surface area contributed by atoms with Gasteiger partial charge in [0, 0.05) is 0 Å². The lowest BCUT2D eigenvalue weighted by Crippen LogP contribution is -2.26. The van der Waals surface area contributed by atoms with Crippen molar-refractivity contribution in [3.05, 3.63) is 0 Å². The lowest BCUT2D eigenvalue weighted by Gasteiger charge is -2.29. The maximum Gasteiger partial charge on any atom is 0.0540 e. The Morgan fingerprint density at radius 1 is 1.36 bits per heavy atom. The van der Waals surface area contributed by atoms with E-state index in [-0.39, 0.29) is 6.10 Å². The molecule has 0 spiro atoms. The summed E-state index contributed by atoms with van der Waals surface area (Å²) in [6.45, 7) is 2.72. The summed E-state index contributed by atoms with van der Waals surface area (Å²) in [5.74, 6) is 1.27. The molecule has 0 aromatic carbocycles. The number of rotatable bonds is 2. The Morgan fingerprint density at radius 2 is 1.91 bits per heavy atom. The Labute approximate surface area is 68.8 Å². The number of aliphatic hydroxyl groups excluding tert-OH is 1. The number of aliphatic hydroxyl groups is 1. The van der Waals surface area contributed by atoms with Gasteiger partial charge in [-0.15, -0.1) is 0 Å². The molecule has 66 valence electrons. The molecule has 0 heterocycles. The molecule has 1 atom stereocenters. The molecule has 1 aliphatic carbocycles. The number of hydrogen-bond donors (Lipinski definition) is 2. The molecule has 2 nitrogen and oxygen atoms in total. The molecule has 0 aromatic heterocycles. The van der Waals surface area contributed by atoms with E-state index in [1.54, 1.807) is 0 Å². The minimum Gasteiger partial charge on any atom is -0.393 e. The van der Waals surface area contributed by atoms with Crippen molar-refractivity contribution in [1.82, 2.24) is 0 Å². The Balaban J connectivity index is 2.24. The van der Waals surface area contributed by atoms with Gasteiger partial charge in [-0.25, -0.2) is 0 Å². The van der Waals surface area contributed by atoms with Gasteiger partial charge in [-0.1, -0.05) is 0 Å². The van der Waals surface area contributed by atoms with E-state index in [0.29, 0.717) is 5.92 Å². The molecule has 1 saturated carbocycles.